The van der Waals surface area contributed by atoms with E-state index < -0.39 is 0 Å². The number of carbonyl (C=O) groups is 1. The summed E-state index contributed by atoms with van der Waals surface area (Å²) in [5.74, 6) is 0.930. The van der Waals surface area contributed by atoms with Crippen molar-refractivity contribution in [2.45, 2.75) is 89.5 Å². The van der Waals surface area contributed by atoms with Gasteiger partial charge in [-0.05, 0) is 66.0 Å². The fourth-order valence-corrected chi connectivity index (χ4v) is 5.59. The molecule has 0 amide bonds. The zero-order chi connectivity index (χ0) is 26.1. The van der Waals surface area contributed by atoms with E-state index in [-0.39, 0.29) is 54.0 Å². The summed E-state index contributed by atoms with van der Waals surface area (Å²) in [7, 11) is 3.28. The number of nitrogens with one attached hydrogen (secondary N) is 1. The summed E-state index contributed by atoms with van der Waals surface area (Å²) in [5.41, 5.74) is 1.42. The summed E-state index contributed by atoms with van der Waals surface area (Å²) in [4.78, 5) is 12.9. The third-order valence-corrected chi connectivity index (χ3v) is 7.48. The lowest BCUT2D eigenvalue weighted by Gasteiger charge is -2.42. The summed E-state index contributed by atoms with van der Waals surface area (Å²) < 4.78 is 35.3. The van der Waals surface area contributed by atoms with Crippen molar-refractivity contribution < 1.29 is 33.2 Å². The Morgan fingerprint density at radius 2 is 2.00 bits per heavy atom. The molecule has 1 aromatic carbocycles. The number of esters is 1. The molecule has 2 heterocycles. The first kappa shape index (κ1) is 26.8. The first-order valence-electron chi connectivity index (χ1n) is 12.9. The van der Waals surface area contributed by atoms with Gasteiger partial charge in [-0.25, -0.2) is 0 Å². The smallest absolute Gasteiger partial charge is 0.325 e. The van der Waals surface area contributed by atoms with E-state index in [0.29, 0.717) is 24.5 Å². The lowest BCUT2D eigenvalue weighted by atomic mass is 9.68. The molecule has 2 aliphatic heterocycles. The molecule has 8 heteroatoms. The highest BCUT2D eigenvalue weighted by Crippen LogP contribution is 2.59. The highest BCUT2D eigenvalue weighted by molar-refractivity contribution is 5.75. The molecule has 1 aliphatic carbocycles. The number of allylic oxidation sites excluding steroid dienone is 1. The topological polar surface area (TPSA) is 91.1 Å². The van der Waals surface area contributed by atoms with Crippen molar-refractivity contribution in [2.75, 3.05) is 32.7 Å². The van der Waals surface area contributed by atoms with Crippen LogP contribution in [0.4, 0.5) is 5.69 Å². The molecule has 3 fully saturated rings. The number of anilines is 1. The van der Waals surface area contributed by atoms with Crippen LogP contribution in [0.2, 0.25) is 0 Å². The number of methoxy groups -OCH3 is 2. The van der Waals surface area contributed by atoms with Crippen molar-refractivity contribution in [3.8, 4) is 11.5 Å². The Labute approximate surface area is 214 Å². The minimum Gasteiger partial charge on any atom is -0.493 e. The van der Waals surface area contributed by atoms with E-state index in [1.165, 1.54) is 5.57 Å². The van der Waals surface area contributed by atoms with E-state index in [2.05, 4.69) is 32.2 Å². The maximum absolute atomic E-state index is 12.9. The highest BCUT2D eigenvalue weighted by Gasteiger charge is 2.72. The molecule has 0 bridgehead atoms. The van der Waals surface area contributed by atoms with E-state index in [0.717, 1.165) is 18.5 Å². The van der Waals surface area contributed by atoms with E-state index in [4.69, 9.17) is 28.4 Å². The van der Waals surface area contributed by atoms with E-state index in [9.17, 15) is 4.79 Å². The second kappa shape index (κ2) is 10.6. The third-order valence-electron chi connectivity index (χ3n) is 7.48. The molecule has 1 N–H and O–H groups in total. The molecule has 0 aromatic heterocycles. The van der Waals surface area contributed by atoms with Crippen LogP contribution in [0.3, 0.4) is 0 Å². The van der Waals surface area contributed by atoms with E-state index in [1.807, 2.05) is 32.0 Å². The number of ether oxygens (including phenoxy) is 6. The molecule has 4 rings (SSSR count). The lowest BCUT2D eigenvalue weighted by molar-refractivity contribution is -0.170. The number of hydrogen-bond donors (Lipinski definition) is 1. The average molecular weight is 504 g/mol. The van der Waals surface area contributed by atoms with Gasteiger partial charge >= 0.3 is 5.97 Å². The minimum absolute atomic E-state index is 0.00185. The standard InChI is InChI=1S/C28H41NO7/c1-17(2)8-11-23-27(5,36-23)26-25(32-7)21(12-13-28(26)16-33-28)35-24(30)15-29-19-9-10-20(31-6)22(14-19)34-18(3)4/h8-10,14,18,21,23,25-26,29H,11-13,15-16H2,1-7H3/t21-,23?,25-,26-,27+,28+/m1/s1. The van der Waals surface area contributed by atoms with Gasteiger partial charge in [0.1, 0.15) is 30.0 Å². The van der Waals surface area contributed by atoms with Crippen LogP contribution < -0.4 is 14.8 Å². The van der Waals surface area contributed by atoms with Crippen LogP contribution in [-0.2, 0) is 23.7 Å². The molecular formula is C28H41NO7. The van der Waals surface area contributed by atoms with Crippen molar-refractivity contribution in [2.24, 2.45) is 5.92 Å². The van der Waals surface area contributed by atoms with Gasteiger partial charge in [0.15, 0.2) is 11.5 Å². The van der Waals surface area contributed by atoms with Crippen molar-refractivity contribution >= 4 is 11.7 Å². The fourth-order valence-electron chi connectivity index (χ4n) is 5.59. The van der Waals surface area contributed by atoms with Crippen LogP contribution in [0.25, 0.3) is 0 Å². The quantitative estimate of drug-likeness (QED) is 0.268. The number of rotatable bonds is 11. The maximum atomic E-state index is 12.9. The fraction of sp³-hybridized carbons (Fsp3) is 0.679. The Bertz CT molecular complexity index is 969. The minimum atomic E-state index is -0.359. The Balaban J connectivity index is 1.39. The molecule has 2 saturated heterocycles. The normalized spacial score (nSPS) is 32.7. The predicted molar refractivity (Wildman–Crippen MR) is 137 cm³/mol. The maximum Gasteiger partial charge on any atom is 0.325 e. The van der Waals surface area contributed by atoms with Gasteiger partial charge in [0, 0.05) is 18.9 Å². The Morgan fingerprint density at radius 1 is 1.25 bits per heavy atom. The van der Waals surface area contributed by atoms with Gasteiger partial charge in [0.2, 0.25) is 0 Å². The van der Waals surface area contributed by atoms with E-state index >= 15 is 0 Å². The number of hydrogen-bond acceptors (Lipinski definition) is 8. The molecule has 1 spiro atoms. The SMILES string of the molecule is COc1ccc(NCC(=O)O[C@@H]2CC[C@]3(CO3)[C@@H]([C@@]3(C)OC3CC=C(C)C)[C@@H]2OC)cc1OC(C)C. The highest BCUT2D eigenvalue weighted by atomic mass is 16.6. The van der Waals surface area contributed by atoms with Gasteiger partial charge in [-0.15, -0.1) is 0 Å². The molecule has 0 radical (unpaired) electrons. The molecule has 1 aromatic rings. The van der Waals surface area contributed by atoms with Crippen LogP contribution >= 0.6 is 0 Å². The molecule has 200 valence electrons. The van der Waals surface area contributed by atoms with Crippen LogP contribution in [0.5, 0.6) is 11.5 Å². The van der Waals surface area contributed by atoms with Gasteiger partial charge in [-0.2, -0.15) is 0 Å². The molecule has 36 heavy (non-hydrogen) atoms. The largest absolute Gasteiger partial charge is 0.493 e. The third kappa shape index (κ3) is 5.66. The Kier molecular flexibility index (Phi) is 7.88. The number of carbonyl (C=O) groups excluding carboxylic acids is 1. The van der Waals surface area contributed by atoms with Gasteiger partial charge in [-0.3, -0.25) is 4.79 Å². The van der Waals surface area contributed by atoms with Gasteiger partial charge < -0.3 is 33.7 Å². The predicted octanol–water partition coefficient (Wildman–Crippen LogP) is 4.51. The first-order chi connectivity index (χ1) is 17.1. The zero-order valence-electron chi connectivity index (χ0n) is 22.6. The summed E-state index contributed by atoms with van der Waals surface area (Å²) in [5, 5.41) is 3.14. The molecule has 6 atom stereocenters. The first-order valence-corrected chi connectivity index (χ1v) is 12.9. The van der Waals surface area contributed by atoms with Crippen molar-refractivity contribution in [3.05, 3.63) is 29.8 Å². The summed E-state index contributed by atoms with van der Waals surface area (Å²) in [6, 6.07) is 5.49. The van der Waals surface area contributed by atoms with Crippen LogP contribution in [0.15, 0.2) is 29.8 Å². The molecule has 1 saturated carbocycles. The number of epoxide rings is 2. The molecule has 3 aliphatic rings. The monoisotopic (exact) mass is 503 g/mol. The van der Waals surface area contributed by atoms with Crippen molar-refractivity contribution in [3.63, 3.8) is 0 Å². The zero-order valence-corrected chi connectivity index (χ0v) is 22.6. The molecule has 8 nitrogen and oxygen atoms in total. The van der Waals surface area contributed by atoms with E-state index in [1.54, 1.807) is 14.2 Å². The Hall–Kier alpha value is -2.29. The Morgan fingerprint density at radius 3 is 2.61 bits per heavy atom. The van der Waals surface area contributed by atoms with Gasteiger partial charge in [-0.1, -0.05) is 11.6 Å². The number of benzene rings is 1. The summed E-state index contributed by atoms with van der Waals surface area (Å²) in [6.45, 7) is 11.0. The van der Waals surface area contributed by atoms with Crippen molar-refractivity contribution in [1.29, 1.82) is 0 Å². The van der Waals surface area contributed by atoms with Crippen LogP contribution in [0, 0.1) is 5.92 Å². The van der Waals surface area contributed by atoms with Crippen LogP contribution in [-0.4, -0.2) is 69.0 Å². The van der Waals surface area contributed by atoms with Gasteiger partial charge in [0.25, 0.3) is 0 Å². The molecular weight excluding hydrogens is 462 g/mol. The summed E-state index contributed by atoms with van der Waals surface area (Å²) in [6.07, 6.45) is 4.06. The van der Waals surface area contributed by atoms with Crippen molar-refractivity contribution in [1.82, 2.24) is 0 Å². The molecule has 1 unspecified atom stereocenters. The second-order valence-electron chi connectivity index (χ2n) is 10.8. The lowest BCUT2D eigenvalue weighted by Crippen LogP contribution is -2.55. The summed E-state index contributed by atoms with van der Waals surface area (Å²) >= 11 is 0. The van der Waals surface area contributed by atoms with Crippen LogP contribution in [0.1, 0.15) is 53.9 Å². The second-order valence-corrected chi connectivity index (χ2v) is 10.8. The average Bonchev–Trinajstić information content (AvgIpc) is 3.74. The van der Waals surface area contributed by atoms with Gasteiger partial charge in [0.05, 0.1) is 31.8 Å².